The Balaban J connectivity index is 1.25. The zero-order valence-corrected chi connectivity index (χ0v) is 21.8. The van der Waals surface area contributed by atoms with E-state index in [0.29, 0.717) is 36.4 Å². The zero-order valence-electron chi connectivity index (χ0n) is 20.2. The monoisotopic (exact) mass is 551 g/mol. The van der Waals surface area contributed by atoms with Gasteiger partial charge in [-0.1, -0.05) is 30.3 Å². The molecule has 11 heteroatoms. The van der Waals surface area contributed by atoms with Gasteiger partial charge in [0.05, 0.1) is 5.75 Å². The lowest BCUT2D eigenvalue weighted by Gasteiger charge is -2.49. The number of nitrogens with zero attached hydrogens (tertiary/aromatic N) is 2. The van der Waals surface area contributed by atoms with E-state index in [2.05, 4.69) is 5.32 Å². The highest BCUT2D eigenvalue weighted by atomic mass is 32.2. The molecule has 2 saturated heterocycles. The molecule has 3 heterocycles. The SMILES string of the molecule is O=C(CSc1ccccc1)N[C@@H]1C(=O)N2C(C(=O)O)=C(C=C3CCN(Cc4ccc(O)cc4)C3=O)CS[C@H]12. The fraction of sp³-hybridized carbons (Fsp3) is 0.259. The van der Waals surface area contributed by atoms with Gasteiger partial charge in [0, 0.05) is 29.3 Å². The molecular formula is C27H25N3O6S2. The Morgan fingerprint density at radius 3 is 2.55 bits per heavy atom. The van der Waals surface area contributed by atoms with Crippen LogP contribution in [0.5, 0.6) is 5.75 Å². The number of phenols is 1. The number of benzene rings is 2. The number of hydrogen-bond donors (Lipinski definition) is 3. The third-order valence-corrected chi connectivity index (χ3v) is 8.82. The van der Waals surface area contributed by atoms with Gasteiger partial charge < -0.3 is 20.4 Å². The number of amides is 3. The van der Waals surface area contributed by atoms with E-state index in [1.165, 1.54) is 28.4 Å². The van der Waals surface area contributed by atoms with Crippen molar-refractivity contribution in [2.24, 2.45) is 0 Å². The van der Waals surface area contributed by atoms with Crippen molar-refractivity contribution in [1.82, 2.24) is 15.1 Å². The molecule has 38 heavy (non-hydrogen) atoms. The summed E-state index contributed by atoms with van der Waals surface area (Å²) in [7, 11) is 0. The van der Waals surface area contributed by atoms with Gasteiger partial charge in [-0.2, -0.15) is 0 Å². The molecule has 2 aromatic carbocycles. The molecule has 0 spiro atoms. The van der Waals surface area contributed by atoms with Crippen LogP contribution in [0, 0.1) is 0 Å². The molecule has 0 aliphatic carbocycles. The van der Waals surface area contributed by atoms with Crippen LogP contribution in [0.4, 0.5) is 0 Å². The number of carbonyl (C=O) groups excluding carboxylic acids is 3. The molecule has 3 N–H and O–H groups in total. The molecule has 5 rings (SSSR count). The summed E-state index contributed by atoms with van der Waals surface area (Å²) < 4.78 is 0. The number of β-lactam (4-membered cyclic amide) rings is 1. The maximum absolute atomic E-state index is 13.0. The van der Waals surface area contributed by atoms with Gasteiger partial charge in [0.25, 0.3) is 5.91 Å². The van der Waals surface area contributed by atoms with Crippen molar-refractivity contribution in [3.63, 3.8) is 0 Å². The number of thioether (sulfide) groups is 2. The van der Waals surface area contributed by atoms with E-state index in [-0.39, 0.29) is 29.0 Å². The van der Waals surface area contributed by atoms with Crippen molar-refractivity contribution >= 4 is 47.2 Å². The van der Waals surface area contributed by atoms with E-state index < -0.39 is 23.3 Å². The van der Waals surface area contributed by atoms with Crippen molar-refractivity contribution in [3.05, 3.63) is 83.1 Å². The minimum absolute atomic E-state index is 0.139. The van der Waals surface area contributed by atoms with E-state index in [4.69, 9.17) is 0 Å². The zero-order chi connectivity index (χ0) is 26.8. The first-order valence-corrected chi connectivity index (χ1v) is 14.0. The third kappa shape index (κ3) is 5.30. The molecule has 2 aromatic rings. The van der Waals surface area contributed by atoms with Crippen LogP contribution < -0.4 is 5.32 Å². The number of rotatable bonds is 8. The second-order valence-electron chi connectivity index (χ2n) is 9.05. The molecular weight excluding hydrogens is 526 g/mol. The fourth-order valence-electron chi connectivity index (χ4n) is 4.62. The van der Waals surface area contributed by atoms with Gasteiger partial charge in [-0.15, -0.1) is 23.5 Å². The lowest BCUT2D eigenvalue weighted by molar-refractivity contribution is -0.150. The van der Waals surface area contributed by atoms with Gasteiger partial charge in [-0.25, -0.2) is 4.79 Å². The standard InChI is InChI=1S/C27H25N3O6S2/c31-19-8-6-16(7-9-19)13-29-11-10-17(24(29)33)12-18-14-38-26-22(25(34)30(26)23(18)27(35)36)28-21(32)15-37-20-4-2-1-3-5-20/h1-9,12,22,26,31H,10-11,13-15H2,(H,28,32)(H,35,36)/t22-,26-/m1/s1. The van der Waals surface area contributed by atoms with Crippen LogP contribution >= 0.6 is 23.5 Å². The molecule has 2 atom stereocenters. The van der Waals surface area contributed by atoms with Crippen molar-refractivity contribution in [1.29, 1.82) is 0 Å². The van der Waals surface area contributed by atoms with Crippen molar-refractivity contribution < 1.29 is 29.4 Å². The average molecular weight is 552 g/mol. The summed E-state index contributed by atoms with van der Waals surface area (Å²) in [4.78, 5) is 54.4. The molecule has 0 bridgehead atoms. The molecule has 3 aliphatic rings. The predicted octanol–water partition coefficient (Wildman–Crippen LogP) is 2.58. The maximum Gasteiger partial charge on any atom is 0.352 e. The number of carboxylic acids is 1. The highest BCUT2D eigenvalue weighted by Crippen LogP contribution is 2.41. The second-order valence-corrected chi connectivity index (χ2v) is 11.2. The maximum atomic E-state index is 13.0. The first kappa shape index (κ1) is 25.9. The number of fused-ring (bicyclic) bond motifs is 1. The number of aliphatic carboxylic acids is 1. The van der Waals surface area contributed by atoms with E-state index in [1.54, 1.807) is 35.2 Å². The van der Waals surface area contributed by atoms with Gasteiger partial charge in [-0.3, -0.25) is 19.3 Å². The first-order chi connectivity index (χ1) is 18.3. The largest absolute Gasteiger partial charge is 0.508 e. The van der Waals surface area contributed by atoms with Crippen molar-refractivity contribution in [2.75, 3.05) is 18.1 Å². The molecule has 0 aromatic heterocycles. The lowest BCUT2D eigenvalue weighted by atomic mass is 10.0. The van der Waals surface area contributed by atoms with Gasteiger partial charge in [0.2, 0.25) is 11.8 Å². The van der Waals surface area contributed by atoms with Crippen LogP contribution in [0.25, 0.3) is 0 Å². The average Bonchev–Trinajstić information content (AvgIpc) is 3.25. The van der Waals surface area contributed by atoms with E-state index in [1.807, 2.05) is 30.3 Å². The van der Waals surface area contributed by atoms with Crippen molar-refractivity contribution in [3.8, 4) is 5.75 Å². The highest BCUT2D eigenvalue weighted by Gasteiger charge is 2.54. The number of allylic oxidation sites excluding steroid dienone is 1. The van der Waals surface area contributed by atoms with Crippen LogP contribution in [-0.4, -0.2) is 73.2 Å². The van der Waals surface area contributed by atoms with E-state index >= 15 is 0 Å². The highest BCUT2D eigenvalue weighted by molar-refractivity contribution is 8.00. The normalized spacial score (nSPS) is 21.9. The summed E-state index contributed by atoms with van der Waals surface area (Å²) in [5, 5.41) is 21.6. The number of likely N-dealkylation sites (tertiary alicyclic amines) is 1. The summed E-state index contributed by atoms with van der Waals surface area (Å²) in [6.45, 7) is 0.876. The van der Waals surface area contributed by atoms with Crippen LogP contribution in [0.15, 0.2) is 82.4 Å². The number of hydrogen-bond acceptors (Lipinski definition) is 7. The second kappa shape index (κ2) is 11.0. The Labute approximate surface area is 227 Å². The molecule has 3 amide bonds. The first-order valence-electron chi connectivity index (χ1n) is 12.0. The smallest absolute Gasteiger partial charge is 0.352 e. The Morgan fingerprint density at radius 2 is 1.84 bits per heavy atom. The Hall–Kier alpha value is -3.70. The Morgan fingerprint density at radius 1 is 1.11 bits per heavy atom. The number of phenolic OH excluding ortho intramolecular Hbond substituents is 1. The van der Waals surface area contributed by atoms with Gasteiger partial charge in [0.1, 0.15) is 22.9 Å². The summed E-state index contributed by atoms with van der Waals surface area (Å²) in [6.07, 6.45) is 2.06. The van der Waals surface area contributed by atoms with Gasteiger partial charge in [0.15, 0.2) is 0 Å². The molecule has 2 fully saturated rings. The van der Waals surface area contributed by atoms with Crippen molar-refractivity contribution in [2.45, 2.75) is 29.3 Å². The predicted molar refractivity (Wildman–Crippen MR) is 143 cm³/mol. The Bertz CT molecular complexity index is 1340. The van der Waals surface area contributed by atoms with Crippen LogP contribution in [0.3, 0.4) is 0 Å². The van der Waals surface area contributed by atoms with Crippen LogP contribution in [0.2, 0.25) is 0 Å². The molecule has 0 unspecified atom stereocenters. The summed E-state index contributed by atoms with van der Waals surface area (Å²) >= 11 is 2.73. The molecule has 196 valence electrons. The molecule has 3 aliphatic heterocycles. The minimum atomic E-state index is -1.24. The van der Waals surface area contributed by atoms with Gasteiger partial charge >= 0.3 is 5.97 Å². The topological polar surface area (TPSA) is 127 Å². The fourth-order valence-corrected chi connectivity index (χ4v) is 6.65. The Kier molecular flexibility index (Phi) is 7.48. The molecule has 0 radical (unpaired) electrons. The minimum Gasteiger partial charge on any atom is -0.508 e. The summed E-state index contributed by atoms with van der Waals surface area (Å²) in [5.41, 5.74) is 1.64. The van der Waals surface area contributed by atoms with E-state index in [9.17, 15) is 29.4 Å². The van der Waals surface area contributed by atoms with Crippen LogP contribution in [0.1, 0.15) is 12.0 Å². The summed E-state index contributed by atoms with van der Waals surface area (Å²) in [5.74, 6) is -1.60. The third-order valence-electron chi connectivity index (χ3n) is 6.50. The number of carbonyl (C=O) groups is 4. The quantitative estimate of drug-likeness (QED) is 0.260. The number of nitrogens with one attached hydrogen (secondary N) is 1. The van der Waals surface area contributed by atoms with Crippen LogP contribution in [-0.2, 0) is 25.7 Å². The number of carboxylic acid groups (broad SMARTS) is 1. The van der Waals surface area contributed by atoms with Gasteiger partial charge in [-0.05, 0) is 47.9 Å². The number of aromatic hydroxyl groups is 1. The summed E-state index contributed by atoms with van der Waals surface area (Å²) in [6, 6.07) is 15.3. The molecule has 0 saturated carbocycles. The molecule has 9 nitrogen and oxygen atoms in total. The van der Waals surface area contributed by atoms with E-state index in [0.717, 1.165) is 10.5 Å². The lowest BCUT2D eigenvalue weighted by Crippen LogP contribution is -2.70.